The first-order chi connectivity index (χ1) is 10.1. The molecule has 0 aliphatic heterocycles. The highest BCUT2D eigenvalue weighted by Gasteiger charge is 2.18. The van der Waals surface area contributed by atoms with Crippen molar-refractivity contribution in [2.45, 2.75) is 0 Å². The van der Waals surface area contributed by atoms with E-state index in [1.54, 1.807) is 0 Å². The Bertz CT molecular complexity index is 910. The number of rotatable bonds is 2. The van der Waals surface area contributed by atoms with Gasteiger partial charge in [0.2, 0.25) is 5.43 Å². The smallest absolute Gasteiger partial charge is 0.208 e. The molecule has 108 valence electrons. The van der Waals surface area contributed by atoms with Crippen LogP contribution in [0.3, 0.4) is 0 Å². The molecule has 21 heavy (non-hydrogen) atoms. The molecule has 0 fully saturated rings. The van der Waals surface area contributed by atoms with Crippen molar-refractivity contribution in [1.82, 2.24) is 0 Å². The molecule has 1 aromatic heterocycles. The highest BCUT2D eigenvalue weighted by molar-refractivity contribution is 5.98. The second-order valence-corrected chi connectivity index (χ2v) is 4.44. The molecule has 0 spiro atoms. The van der Waals surface area contributed by atoms with Gasteiger partial charge in [-0.05, 0) is 12.1 Å². The molecular formula is C15H12O6. The number of hydrogen-bond donors (Lipinski definition) is 2. The number of ether oxygens (including phenoxy) is 2. The summed E-state index contributed by atoms with van der Waals surface area (Å²) in [4.78, 5) is 12.5. The van der Waals surface area contributed by atoms with Gasteiger partial charge in [0.15, 0.2) is 11.3 Å². The average Bonchev–Trinajstić information content (AvgIpc) is 2.46. The monoisotopic (exact) mass is 288 g/mol. The van der Waals surface area contributed by atoms with Crippen molar-refractivity contribution >= 4 is 21.9 Å². The Morgan fingerprint density at radius 2 is 1.76 bits per heavy atom. The summed E-state index contributed by atoms with van der Waals surface area (Å²) >= 11 is 0. The summed E-state index contributed by atoms with van der Waals surface area (Å²) in [6.07, 6.45) is 0. The van der Waals surface area contributed by atoms with Crippen LogP contribution in [0, 0.1) is 0 Å². The van der Waals surface area contributed by atoms with Crippen LogP contribution in [0.4, 0.5) is 0 Å². The van der Waals surface area contributed by atoms with Gasteiger partial charge in [0.05, 0.1) is 14.2 Å². The lowest BCUT2D eigenvalue weighted by Crippen LogP contribution is -2.04. The molecule has 2 N–H and O–H groups in total. The van der Waals surface area contributed by atoms with Gasteiger partial charge in [-0.25, -0.2) is 0 Å². The Morgan fingerprint density at radius 1 is 1.00 bits per heavy atom. The van der Waals surface area contributed by atoms with Gasteiger partial charge >= 0.3 is 0 Å². The van der Waals surface area contributed by atoms with E-state index >= 15 is 0 Å². The van der Waals surface area contributed by atoms with Crippen LogP contribution in [0.15, 0.2) is 33.5 Å². The van der Waals surface area contributed by atoms with E-state index in [1.807, 2.05) is 0 Å². The normalized spacial score (nSPS) is 11.0. The summed E-state index contributed by atoms with van der Waals surface area (Å²) < 4.78 is 15.8. The number of phenolic OH excluding ortho intramolecular Hbond substituents is 2. The first kappa shape index (κ1) is 13.1. The standard InChI is InChI=1S/C15H12O6/c1-19-7-5-9(17)12-11(6-7)21-15-10(20-2)4-3-8(16)13(15)14(12)18/h3-6,16-17H,1-2H3. The molecule has 0 radical (unpaired) electrons. The quantitative estimate of drug-likeness (QED) is 0.704. The first-order valence-electron chi connectivity index (χ1n) is 6.10. The molecule has 0 amide bonds. The van der Waals surface area contributed by atoms with Crippen LogP contribution in [0.1, 0.15) is 0 Å². The molecule has 0 aliphatic carbocycles. The highest BCUT2D eigenvalue weighted by Crippen LogP contribution is 2.36. The maximum Gasteiger partial charge on any atom is 0.208 e. The lowest BCUT2D eigenvalue weighted by atomic mass is 10.1. The summed E-state index contributed by atoms with van der Waals surface area (Å²) in [6, 6.07) is 5.62. The van der Waals surface area contributed by atoms with Crippen LogP contribution in [0.5, 0.6) is 23.0 Å². The van der Waals surface area contributed by atoms with Gasteiger partial charge in [0, 0.05) is 12.1 Å². The number of hydrogen-bond acceptors (Lipinski definition) is 6. The van der Waals surface area contributed by atoms with Gasteiger partial charge in [0.1, 0.15) is 33.6 Å². The Balaban J connectivity index is 2.58. The average molecular weight is 288 g/mol. The summed E-state index contributed by atoms with van der Waals surface area (Å²) in [7, 11) is 2.87. The second kappa shape index (κ2) is 4.59. The zero-order chi connectivity index (χ0) is 15.1. The third-order valence-corrected chi connectivity index (χ3v) is 3.28. The van der Waals surface area contributed by atoms with Crippen LogP contribution in [-0.4, -0.2) is 24.4 Å². The van der Waals surface area contributed by atoms with Gasteiger partial charge in [0.25, 0.3) is 0 Å². The number of benzene rings is 2. The fourth-order valence-electron chi connectivity index (χ4n) is 2.27. The summed E-state index contributed by atoms with van der Waals surface area (Å²) in [6.45, 7) is 0. The number of phenols is 2. The molecule has 0 bridgehead atoms. The summed E-state index contributed by atoms with van der Waals surface area (Å²) in [5.41, 5.74) is -0.279. The number of methoxy groups -OCH3 is 2. The third-order valence-electron chi connectivity index (χ3n) is 3.28. The van der Waals surface area contributed by atoms with Gasteiger partial charge in [-0.2, -0.15) is 0 Å². The van der Waals surface area contributed by atoms with Crippen molar-refractivity contribution in [1.29, 1.82) is 0 Å². The fourth-order valence-corrected chi connectivity index (χ4v) is 2.27. The van der Waals surface area contributed by atoms with Gasteiger partial charge in [-0.3, -0.25) is 4.79 Å². The predicted octanol–water partition coefficient (Wildman–Crippen LogP) is 2.37. The van der Waals surface area contributed by atoms with E-state index in [2.05, 4.69) is 0 Å². The van der Waals surface area contributed by atoms with Crippen LogP contribution in [0.25, 0.3) is 21.9 Å². The SMILES string of the molecule is COc1cc(O)c2c(=O)c3c(O)ccc(OC)c3oc2c1. The lowest BCUT2D eigenvalue weighted by molar-refractivity contribution is 0.405. The highest BCUT2D eigenvalue weighted by atomic mass is 16.5. The largest absolute Gasteiger partial charge is 0.507 e. The van der Waals surface area contributed by atoms with Crippen LogP contribution < -0.4 is 14.9 Å². The zero-order valence-electron chi connectivity index (χ0n) is 11.3. The van der Waals surface area contributed by atoms with Gasteiger partial charge in [-0.15, -0.1) is 0 Å². The van der Waals surface area contributed by atoms with Gasteiger partial charge < -0.3 is 24.1 Å². The zero-order valence-corrected chi connectivity index (χ0v) is 11.3. The molecule has 0 aliphatic rings. The molecule has 2 aromatic carbocycles. The number of fused-ring (bicyclic) bond motifs is 2. The van der Waals surface area contributed by atoms with Gasteiger partial charge in [-0.1, -0.05) is 0 Å². The molecule has 6 nitrogen and oxygen atoms in total. The van der Waals surface area contributed by atoms with Crippen molar-refractivity contribution in [3.8, 4) is 23.0 Å². The Morgan fingerprint density at radius 3 is 2.43 bits per heavy atom. The molecule has 0 atom stereocenters. The molecular weight excluding hydrogens is 276 g/mol. The number of aromatic hydroxyl groups is 2. The first-order valence-corrected chi connectivity index (χ1v) is 6.10. The lowest BCUT2D eigenvalue weighted by Gasteiger charge is -2.09. The maximum absolute atomic E-state index is 12.5. The van der Waals surface area contributed by atoms with E-state index in [4.69, 9.17) is 13.9 Å². The molecule has 0 unspecified atom stereocenters. The summed E-state index contributed by atoms with van der Waals surface area (Å²) in [5.74, 6) is 0.143. The Kier molecular flexibility index (Phi) is 2.86. The minimum atomic E-state index is -0.539. The Labute approximate surface area is 118 Å². The molecule has 0 saturated carbocycles. The van der Waals surface area contributed by atoms with Crippen LogP contribution in [-0.2, 0) is 0 Å². The van der Waals surface area contributed by atoms with E-state index in [1.165, 1.54) is 38.5 Å². The Hall–Kier alpha value is -2.89. The topological polar surface area (TPSA) is 89.1 Å². The van der Waals surface area contributed by atoms with Crippen molar-refractivity contribution in [2.24, 2.45) is 0 Å². The van der Waals surface area contributed by atoms with E-state index < -0.39 is 5.43 Å². The molecule has 3 rings (SSSR count). The second-order valence-electron chi connectivity index (χ2n) is 4.44. The molecule has 1 heterocycles. The molecule has 3 aromatic rings. The van der Waals surface area contributed by atoms with Crippen molar-refractivity contribution in [3.63, 3.8) is 0 Å². The van der Waals surface area contributed by atoms with Crippen LogP contribution in [0.2, 0.25) is 0 Å². The van der Waals surface area contributed by atoms with Crippen molar-refractivity contribution < 1.29 is 24.1 Å². The van der Waals surface area contributed by atoms with Crippen LogP contribution >= 0.6 is 0 Å². The van der Waals surface area contributed by atoms with Crippen molar-refractivity contribution in [3.05, 3.63) is 34.5 Å². The fraction of sp³-hybridized carbons (Fsp3) is 0.133. The van der Waals surface area contributed by atoms with E-state index in [0.29, 0.717) is 11.5 Å². The van der Waals surface area contributed by atoms with E-state index in [0.717, 1.165) is 0 Å². The predicted molar refractivity (Wildman–Crippen MR) is 76.4 cm³/mol. The summed E-state index contributed by atoms with van der Waals surface area (Å²) in [5, 5.41) is 19.8. The third kappa shape index (κ3) is 1.84. The maximum atomic E-state index is 12.5. The minimum Gasteiger partial charge on any atom is -0.507 e. The molecule has 6 heteroatoms. The van der Waals surface area contributed by atoms with Crippen molar-refractivity contribution in [2.75, 3.05) is 14.2 Å². The van der Waals surface area contributed by atoms with E-state index in [9.17, 15) is 15.0 Å². The molecule has 0 saturated heterocycles. The van der Waals surface area contributed by atoms with E-state index in [-0.39, 0.29) is 33.4 Å². The minimum absolute atomic E-state index is 0.0214.